The van der Waals surface area contributed by atoms with E-state index in [1.54, 1.807) is 11.8 Å². The molecule has 0 radical (unpaired) electrons. The summed E-state index contributed by atoms with van der Waals surface area (Å²) in [6, 6.07) is 8.49. The van der Waals surface area contributed by atoms with Gasteiger partial charge in [0.05, 0.1) is 0 Å². The molecule has 1 atom stereocenters. The van der Waals surface area contributed by atoms with Gasteiger partial charge in [-0.15, -0.1) is 0 Å². The Bertz CT molecular complexity index is 334. The second kappa shape index (κ2) is 6.59. The van der Waals surface area contributed by atoms with E-state index in [0.717, 1.165) is 17.9 Å². The zero-order valence-electron chi connectivity index (χ0n) is 9.90. The summed E-state index contributed by atoms with van der Waals surface area (Å²) in [5.74, 6) is 1.60. The second-order valence-corrected chi connectivity index (χ2v) is 5.04. The summed E-state index contributed by atoms with van der Waals surface area (Å²) in [5, 5.41) is 0. The van der Waals surface area contributed by atoms with Crippen LogP contribution in [0.25, 0.3) is 0 Å². The summed E-state index contributed by atoms with van der Waals surface area (Å²) >= 11 is 1.77. The quantitative estimate of drug-likeness (QED) is 0.826. The third-order valence-electron chi connectivity index (χ3n) is 2.60. The topological polar surface area (TPSA) is 43.1 Å². The number of carbonyl (C=O) groups excluding carboxylic acids is 1. The fourth-order valence-electron chi connectivity index (χ4n) is 1.40. The van der Waals surface area contributed by atoms with Crippen molar-refractivity contribution in [2.45, 2.75) is 26.0 Å². The monoisotopic (exact) mass is 237 g/mol. The van der Waals surface area contributed by atoms with Crippen LogP contribution in [0.5, 0.6) is 0 Å². The predicted molar refractivity (Wildman–Crippen MR) is 70.3 cm³/mol. The van der Waals surface area contributed by atoms with Gasteiger partial charge in [-0.05, 0) is 18.9 Å². The molecule has 0 aliphatic heterocycles. The molecule has 16 heavy (non-hydrogen) atoms. The lowest BCUT2D eigenvalue weighted by molar-refractivity contribution is -0.121. The molecule has 2 N–H and O–H groups in total. The number of nitrogens with two attached hydrogens (primary N) is 1. The Hall–Kier alpha value is -0.960. The van der Waals surface area contributed by atoms with E-state index in [1.807, 2.05) is 6.92 Å². The van der Waals surface area contributed by atoms with Gasteiger partial charge in [0.2, 0.25) is 5.91 Å². The standard InChI is InChI=1S/C13H19NOS/c1-3-12(13(14)15)9-16-8-11-6-4-10(2)5-7-11/h4-7,12H,3,8-9H2,1-2H3,(H2,14,15)/t12-/m0/s1. The SMILES string of the molecule is CC[C@@H](CSCc1ccc(C)cc1)C(N)=O. The van der Waals surface area contributed by atoms with Crippen molar-refractivity contribution in [1.82, 2.24) is 0 Å². The average molecular weight is 237 g/mol. The van der Waals surface area contributed by atoms with Gasteiger partial charge < -0.3 is 5.73 Å². The molecule has 1 aromatic rings. The molecule has 0 unspecified atom stereocenters. The van der Waals surface area contributed by atoms with E-state index in [-0.39, 0.29) is 11.8 Å². The van der Waals surface area contributed by atoms with Gasteiger partial charge in [0.15, 0.2) is 0 Å². The maximum Gasteiger partial charge on any atom is 0.221 e. The van der Waals surface area contributed by atoms with Crippen LogP contribution in [0.15, 0.2) is 24.3 Å². The molecule has 0 fully saturated rings. The van der Waals surface area contributed by atoms with E-state index in [1.165, 1.54) is 11.1 Å². The van der Waals surface area contributed by atoms with Gasteiger partial charge in [-0.25, -0.2) is 0 Å². The van der Waals surface area contributed by atoms with Crippen LogP contribution >= 0.6 is 11.8 Å². The van der Waals surface area contributed by atoms with Crippen molar-refractivity contribution in [3.8, 4) is 0 Å². The molecule has 0 aliphatic rings. The van der Waals surface area contributed by atoms with Crippen LogP contribution < -0.4 is 5.73 Å². The first kappa shape index (κ1) is 13.1. The lowest BCUT2D eigenvalue weighted by Crippen LogP contribution is -2.24. The molecule has 0 spiro atoms. The minimum Gasteiger partial charge on any atom is -0.369 e. The van der Waals surface area contributed by atoms with Crippen molar-refractivity contribution >= 4 is 17.7 Å². The molecule has 1 amide bonds. The smallest absolute Gasteiger partial charge is 0.221 e. The van der Waals surface area contributed by atoms with Crippen molar-refractivity contribution in [2.75, 3.05) is 5.75 Å². The molecule has 1 rings (SSSR count). The highest BCUT2D eigenvalue weighted by atomic mass is 32.2. The van der Waals surface area contributed by atoms with Crippen LogP contribution in [0.4, 0.5) is 0 Å². The lowest BCUT2D eigenvalue weighted by Gasteiger charge is -2.09. The predicted octanol–water partition coefficient (Wildman–Crippen LogP) is 2.74. The minimum absolute atomic E-state index is 0.00967. The molecule has 0 saturated heterocycles. The number of hydrogen-bond acceptors (Lipinski definition) is 2. The van der Waals surface area contributed by atoms with Gasteiger partial charge in [-0.3, -0.25) is 4.79 Å². The average Bonchev–Trinajstić information content (AvgIpc) is 2.26. The Balaban J connectivity index is 2.35. The zero-order valence-corrected chi connectivity index (χ0v) is 10.7. The molecule has 2 nitrogen and oxygen atoms in total. The molecule has 0 aromatic heterocycles. The Labute approximate surface area is 102 Å². The van der Waals surface area contributed by atoms with Crippen molar-refractivity contribution in [3.05, 3.63) is 35.4 Å². The van der Waals surface area contributed by atoms with Gasteiger partial charge in [0.25, 0.3) is 0 Å². The Morgan fingerprint density at radius 2 is 2.00 bits per heavy atom. The number of aryl methyl sites for hydroxylation is 1. The van der Waals surface area contributed by atoms with Gasteiger partial charge in [-0.2, -0.15) is 11.8 Å². The lowest BCUT2D eigenvalue weighted by atomic mass is 10.1. The minimum atomic E-state index is -0.182. The molecule has 0 bridgehead atoms. The normalized spacial score (nSPS) is 12.4. The summed E-state index contributed by atoms with van der Waals surface area (Å²) in [5.41, 5.74) is 7.87. The summed E-state index contributed by atoms with van der Waals surface area (Å²) in [6.45, 7) is 4.08. The first-order valence-electron chi connectivity index (χ1n) is 5.56. The Morgan fingerprint density at radius 3 is 2.50 bits per heavy atom. The molecule has 3 heteroatoms. The number of hydrogen-bond donors (Lipinski definition) is 1. The Kier molecular flexibility index (Phi) is 5.39. The van der Waals surface area contributed by atoms with E-state index in [4.69, 9.17) is 5.73 Å². The molecule has 0 aliphatic carbocycles. The van der Waals surface area contributed by atoms with E-state index >= 15 is 0 Å². The fraction of sp³-hybridized carbons (Fsp3) is 0.462. The van der Waals surface area contributed by atoms with Gasteiger partial charge in [0, 0.05) is 17.4 Å². The third kappa shape index (κ3) is 4.27. The van der Waals surface area contributed by atoms with E-state index in [0.29, 0.717) is 0 Å². The summed E-state index contributed by atoms with van der Waals surface area (Å²) in [7, 11) is 0. The van der Waals surface area contributed by atoms with E-state index < -0.39 is 0 Å². The number of rotatable bonds is 6. The van der Waals surface area contributed by atoms with Crippen molar-refractivity contribution in [1.29, 1.82) is 0 Å². The number of primary amides is 1. The van der Waals surface area contributed by atoms with E-state index in [2.05, 4.69) is 31.2 Å². The maximum absolute atomic E-state index is 11.0. The molecule has 88 valence electrons. The number of amides is 1. The maximum atomic E-state index is 11.0. The summed E-state index contributed by atoms with van der Waals surface area (Å²) in [6.07, 6.45) is 0.830. The molecule has 0 saturated carbocycles. The van der Waals surface area contributed by atoms with Crippen LogP contribution in [-0.2, 0) is 10.5 Å². The van der Waals surface area contributed by atoms with Crippen LogP contribution in [0, 0.1) is 12.8 Å². The highest BCUT2D eigenvalue weighted by molar-refractivity contribution is 7.98. The summed E-state index contributed by atoms with van der Waals surface area (Å²) in [4.78, 5) is 11.0. The Morgan fingerprint density at radius 1 is 1.38 bits per heavy atom. The van der Waals surface area contributed by atoms with Crippen molar-refractivity contribution in [3.63, 3.8) is 0 Å². The zero-order chi connectivity index (χ0) is 12.0. The van der Waals surface area contributed by atoms with Crippen LogP contribution in [0.3, 0.4) is 0 Å². The number of carbonyl (C=O) groups is 1. The first-order chi connectivity index (χ1) is 7.63. The van der Waals surface area contributed by atoms with Crippen molar-refractivity contribution in [2.24, 2.45) is 11.7 Å². The van der Waals surface area contributed by atoms with Gasteiger partial charge >= 0.3 is 0 Å². The van der Waals surface area contributed by atoms with Crippen LogP contribution in [0.2, 0.25) is 0 Å². The highest BCUT2D eigenvalue weighted by Gasteiger charge is 2.12. The van der Waals surface area contributed by atoms with E-state index in [9.17, 15) is 4.79 Å². The van der Waals surface area contributed by atoms with Crippen LogP contribution in [-0.4, -0.2) is 11.7 Å². The molecule has 0 heterocycles. The third-order valence-corrected chi connectivity index (χ3v) is 3.78. The fourth-order valence-corrected chi connectivity index (χ4v) is 2.63. The molecule has 1 aromatic carbocycles. The van der Waals surface area contributed by atoms with Gasteiger partial charge in [0.1, 0.15) is 0 Å². The molecular weight excluding hydrogens is 218 g/mol. The number of thioether (sulfide) groups is 1. The van der Waals surface area contributed by atoms with Gasteiger partial charge in [-0.1, -0.05) is 36.8 Å². The largest absolute Gasteiger partial charge is 0.369 e. The molecular formula is C13H19NOS. The number of benzene rings is 1. The summed E-state index contributed by atoms with van der Waals surface area (Å²) < 4.78 is 0. The first-order valence-corrected chi connectivity index (χ1v) is 6.71. The second-order valence-electron chi connectivity index (χ2n) is 4.01. The van der Waals surface area contributed by atoms with Crippen LogP contribution in [0.1, 0.15) is 24.5 Å². The van der Waals surface area contributed by atoms with Crippen molar-refractivity contribution < 1.29 is 4.79 Å². The highest BCUT2D eigenvalue weighted by Crippen LogP contribution is 2.17.